The number of allylic oxidation sites excluding steroid dienone is 10. The SMILES string of the molecule is CCN1/C(=C/C=C2\CCC(CCC3=[N+](CC)c4ccc(C)cc4C3(C)C)=C2Oc2c(C(C)C)cc(SC3CC=C(Cl)C=C3Cl)cc2C(C)C)C(C)(C)C2C=C(C)C=CC21. The van der Waals surface area contributed by atoms with Gasteiger partial charge in [0.1, 0.15) is 18.1 Å². The highest BCUT2D eigenvalue weighted by Crippen LogP contribution is 2.52. The molecular weight excluding hydrogens is 784 g/mol. The van der Waals surface area contributed by atoms with Crippen molar-refractivity contribution in [3.63, 3.8) is 0 Å². The van der Waals surface area contributed by atoms with Crippen molar-refractivity contribution in [3.8, 4) is 5.75 Å². The van der Waals surface area contributed by atoms with Gasteiger partial charge in [-0.25, -0.2) is 0 Å². The summed E-state index contributed by atoms with van der Waals surface area (Å²) >= 11 is 14.9. The molecule has 1 saturated heterocycles. The van der Waals surface area contributed by atoms with Crippen LogP contribution in [0.2, 0.25) is 0 Å². The van der Waals surface area contributed by atoms with E-state index < -0.39 is 0 Å². The molecule has 2 heterocycles. The van der Waals surface area contributed by atoms with E-state index in [1.165, 1.54) is 61.0 Å². The maximum absolute atomic E-state index is 7.54. The molecule has 0 N–H and O–H groups in total. The zero-order valence-corrected chi connectivity index (χ0v) is 40.1. The number of likely N-dealkylation sites (N-methyl/N-ethyl adjacent to an activating group) is 1. The topological polar surface area (TPSA) is 15.5 Å². The molecule has 3 nitrogen and oxygen atoms in total. The van der Waals surface area contributed by atoms with Gasteiger partial charge in [-0.2, -0.15) is 4.58 Å². The zero-order chi connectivity index (χ0) is 42.6. The van der Waals surface area contributed by atoms with Crippen LogP contribution in [0.25, 0.3) is 0 Å². The fourth-order valence-electron chi connectivity index (χ4n) is 10.4. The van der Waals surface area contributed by atoms with Gasteiger partial charge in [0, 0.05) is 61.8 Å². The molecule has 0 bridgehead atoms. The third-order valence-electron chi connectivity index (χ3n) is 13.7. The summed E-state index contributed by atoms with van der Waals surface area (Å²) < 4.78 is 10.1. The van der Waals surface area contributed by atoms with Crippen LogP contribution in [-0.2, 0) is 5.41 Å². The molecular formula is C53H67Cl2N2OS+. The lowest BCUT2D eigenvalue weighted by molar-refractivity contribution is -0.435. The van der Waals surface area contributed by atoms with E-state index in [4.69, 9.17) is 27.9 Å². The van der Waals surface area contributed by atoms with Crippen molar-refractivity contribution in [2.75, 3.05) is 13.1 Å². The molecule has 3 unspecified atom stereocenters. The number of hydrogen-bond acceptors (Lipinski definition) is 3. The van der Waals surface area contributed by atoms with E-state index in [1.807, 2.05) is 17.8 Å². The third-order valence-corrected chi connectivity index (χ3v) is 15.7. The largest absolute Gasteiger partial charge is 0.457 e. The summed E-state index contributed by atoms with van der Waals surface area (Å²) in [6, 6.07) is 12.1. The fourth-order valence-corrected chi connectivity index (χ4v) is 12.1. The second-order valence-electron chi connectivity index (χ2n) is 19.1. The molecule has 6 heteroatoms. The number of benzene rings is 2. The standard InChI is InChI=1S/C53H67Cl2N2OS/c1-13-56-45-22-15-34(7)27-42(45)52(9,10)48(56)25-19-36-17-18-37(20-26-49-53(11,12)43-28-35(8)16-23-46(43)57(49)14-2)50(36)58-51-40(32(3)4)30-39(31-41(51)33(5)6)59-47-24-21-38(54)29-44(47)55/h15-16,19,21-23,25,27-33,42,45,47H,13-14,17-18,20,24,26H2,1-12H3/q+1/b36-19+,48-25+. The first kappa shape index (κ1) is 43.9. The second-order valence-corrected chi connectivity index (χ2v) is 21.3. The van der Waals surface area contributed by atoms with Crippen LogP contribution in [0, 0.1) is 18.3 Å². The average molecular weight is 851 g/mol. The van der Waals surface area contributed by atoms with Crippen LogP contribution in [0.15, 0.2) is 116 Å². The van der Waals surface area contributed by atoms with Gasteiger partial charge in [-0.1, -0.05) is 112 Å². The van der Waals surface area contributed by atoms with Gasteiger partial charge in [0.05, 0.1) is 11.5 Å². The summed E-state index contributed by atoms with van der Waals surface area (Å²) in [5, 5.41) is 1.68. The predicted molar refractivity (Wildman–Crippen MR) is 255 cm³/mol. The van der Waals surface area contributed by atoms with E-state index in [-0.39, 0.29) is 27.9 Å². The molecule has 2 aliphatic heterocycles. The van der Waals surface area contributed by atoms with Crippen molar-refractivity contribution in [2.24, 2.45) is 11.3 Å². The minimum atomic E-state index is -0.0308. The Morgan fingerprint density at radius 2 is 1.66 bits per heavy atom. The number of rotatable bonds is 12. The molecule has 1 fully saturated rings. The lowest BCUT2D eigenvalue weighted by Crippen LogP contribution is -2.31. The monoisotopic (exact) mass is 849 g/mol. The van der Waals surface area contributed by atoms with E-state index in [2.05, 4.69) is 159 Å². The smallest absolute Gasteiger partial charge is 0.209 e. The molecule has 0 radical (unpaired) electrons. The van der Waals surface area contributed by atoms with Crippen molar-refractivity contribution in [3.05, 3.63) is 133 Å². The molecule has 2 aromatic carbocycles. The lowest BCUT2D eigenvalue weighted by atomic mass is 9.74. The number of halogens is 2. The molecule has 0 spiro atoms. The van der Waals surface area contributed by atoms with Crippen LogP contribution in [0.1, 0.15) is 142 Å². The third kappa shape index (κ3) is 8.41. The van der Waals surface area contributed by atoms with E-state index >= 15 is 0 Å². The Kier molecular flexibility index (Phi) is 12.9. The van der Waals surface area contributed by atoms with Crippen LogP contribution < -0.4 is 4.74 Å². The molecule has 0 amide bonds. The van der Waals surface area contributed by atoms with Crippen LogP contribution >= 0.6 is 35.0 Å². The number of thioether (sulfide) groups is 1. The van der Waals surface area contributed by atoms with Crippen LogP contribution in [0.4, 0.5) is 5.69 Å². The Balaban J connectivity index is 1.31. The summed E-state index contributed by atoms with van der Waals surface area (Å²) in [4.78, 5) is 3.85. The number of hydrogen-bond donors (Lipinski definition) is 0. The van der Waals surface area contributed by atoms with E-state index in [0.29, 0.717) is 12.0 Å². The normalized spacial score (nSPS) is 24.8. The fraction of sp³-hybridized carbons (Fsp3) is 0.491. The van der Waals surface area contributed by atoms with Crippen molar-refractivity contribution in [2.45, 2.75) is 149 Å². The van der Waals surface area contributed by atoms with Gasteiger partial charge in [-0.05, 0) is 132 Å². The zero-order valence-electron chi connectivity index (χ0n) is 37.7. The highest BCUT2D eigenvalue weighted by molar-refractivity contribution is 8.00. The van der Waals surface area contributed by atoms with Crippen molar-refractivity contribution in [1.29, 1.82) is 0 Å². The first-order chi connectivity index (χ1) is 28.0. The second kappa shape index (κ2) is 17.3. The Morgan fingerprint density at radius 1 is 0.949 bits per heavy atom. The van der Waals surface area contributed by atoms with E-state index in [9.17, 15) is 0 Å². The molecule has 314 valence electrons. The van der Waals surface area contributed by atoms with Crippen molar-refractivity contribution in [1.82, 2.24) is 4.90 Å². The quantitative estimate of drug-likeness (QED) is 0.198. The first-order valence-electron chi connectivity index (χ1n) is 22.2. The summed E-state index contributed by atoms with van der Waals surface area (Å²) in [6.45, 7) is 29.9. The molecule has 0 aromatic heterocycles. The first-order valence-corrected chi connectivity index (χ1v) is 23.9. The van der Waals surface area contributed by atoms with Gasteiger partial charge in [-0.3, -0.25) is 0 Å². The van der Waals surface area contributed by atoms with Gasteiger partial charge >= 0.3 is 0 Å². The summed E-state index contributed by atoms with van der Waals surface area (Å²) in [5.74, 6) is 3.11. The number of aryl methyl sites for hydroxylation is 1. The number of likely N-dealkylation sites (tertiary alicyclic amines) is 1. The number of fused-ring (bicyclic) bond motifs is 2. The van der Waals surface area contributed by atoms with Crippen molar-refractivity contribution < 1.29 is 9.31 Å². The number of nitrogens with zero attached hydrogens (tertiary/aromatic N) is 2. The maximum atomic E-state index is 7.54. The van der Waals surface area contributed by atoms with E-state index in [1.54, 1.807) is 0 Å². The lowest BCUT2D eigenvalue weighted by Gasteiger charge is -2.28. The number of ether oxygens (including phenoxy) is 1. The Bertz CT molecular complexity index is 2230. The molecule has 7 rings (SSSR count). The molecule has 2 aromatic rings. The minimum absolute atomic E-state index is 0.0122. The Hall–Kier alpha value is -3.18. The van der Waals surface area contributed by atoms with Crippen LogP contribution in [0.5, 0.6) is 5.75 Å². The predicted octanol–water partition coefficient (Wildman–Crippen LogP) is 15.3. The van der Waals surface area contributed by atoms with Gasteiger partial charge in [0.2, 0.25) is 5.69 Å². The molecule has 0 saturated carbocycles. The van der Waals surface area contributed by atoms with Gasteiger partial charge < -0.3 is 9.64 Å². The average Bonchev–Trinajstić information content (AvgIpc) is 3.73. The van der Waals surface area contributed by atoms with Crippen LogP contribution in [0.3, 0.4) is 0 Å². The van der Waals surface area contributed by atoms with Crippen molar-refractivity contribution >= 4 is 46.4 Å². The van der Waals surface area contributed by atoms with E-state index in [0.717, 1.165) is 66.8 Å². The van der Waals surface area contributed by atoms with Crippen LogP contribution in [-0.4, -0.2) is 39.6 Å². The minimum Gasteiger partial charge on any atom is -0.457 e. The Morgan fingerprint density at radius 3 is 2.31 bits per heavy atom. The van der Waals surface area contributed by atoms with Gasteiger partial charge in [-0.15, -0.1) is 11.8 Å². The summed E-state index contributed by atoms with van der Waals surface area (Å²) in [7, 11) is 0. The molecule has 3 aliphatic carbocycles. The van der Waals surface area contributed by atoms with Gasteiger partial charge in [0.15, 0.2) is 5.71 Å². The molecule has 59 heavy (non-hydrogen) atoms. The molecule has 5 aliphatic rings. The summed E-state index contributed by atoms with van der Waals surface area (Å²) in [5.41, 5.74) is 13.7. The van der Waals surface area contributed by atoms with Gasteiger partial charge in [0.25, 0.3) is 0 Å². The highest BCUT2D eigenvalue weighted by atomic mass is 35.5. The maximum Gasteiger partial charge on any atom is 0.209 e. The highest BCUT2D eigenvalue weighted by Gasteiger charge is 2.48. The Labute approximate surface area is 370 Å². The summed E-state index contributed by atoms with van der Waals surface area (Å²) in [6.07, 6.45) is 20.9. The molecule has 3 atom stereocenters.